The predicted molar refractivity (Wildman–Crippen MR) is 71.9 cm³/mol. The molecular weight excluding hydrogens is 244 g/mol. The van der Waals surface area contributed by atoms with Crippen LogP contribution in [0.5, 0.6) is 0 Å². The molecule has 108 valence electrons. The summed E-state index contributed by atoms with van der Waals surface area (Å²) in [7, 11) is 0. The quantitative estimate of drug-likeness (QED) is 0.824. The minimum atomic E-state index is -0.779. The lowest BCUT2D eigenvalue weighted by Crippen LogP contribution is -2.51. The monoisotopic (exact) mass is 268 g/mol. The molecule has 2 aliphatic rings. The minimum Gasteiger partial charge on any atom is -0.481 e. The highest BCUT2D eigenvalue weighted by Crippen LogP contribution is 2.26. The number of carboxylic acids is 1. The van der Waals surface area contributed by atoms with Crippen molar-refractivity contribution in [3.05, 3.63) is 0 Å². The van der Waals surface area contributed by atoms with Crippen LogP contribution in [0.2, 0.25) is 0 Å². The number of amides is 2. The van der Waals surface area contributed by atoms with Gasteiger partial charge in [-0.25, -0.2) is 4.79 Å². The molecule has 2 rings (SSSR count). The van der Waals surface area contributed by atoms with Crippen molar-refractivity contribution in [3.8, 4) is 0 Å². The second-order valence-corrected chi connectivity index (χ2v) is 5.68. The molecule has 5 heteroatoms. The van der Waals surface area contributed by atoms with E-state index in [2.05, 4.69) is 12.2 Å². The second kappa shape index (κ2) is 6.26. The van der Waals surface area contributed by atoms with Crippen LogP contribution >= 0.6 is 0 Å². The maximum Gasteiger partial charge on any atom is 0.317 e. The third-order valence-corrected chi connectivity index (χ3v) is 4.50. The number of likely N-dealkylation sites (tertiary alicyclic amines) is 1. The Kier molecular flexibility index (Phi) is 4.66. The van der Waals surface area contributed by atoms with Gasteiger partial charge in [-0.05, 0) is 32.1 Å². The zero-order valence-corrected chi connectivity index (χ0v) is 11.6. The number of nitrogens with zero attached hydrogens (tertiary/aromatic N) is 1. The predicted octanol–water partition coefficient (Wildman–Crippen LogP) is 2.21. The summed E-state index contributed by atoms with van der Waals surface area (Å²) in [5, 5.41) is 12.2. The van der Waals surface area contributed by atoms with Crippen LogP contribution in [0.1, 0.15) is 51.9 Å². The molecule has 0 radical (unpaired) electrons. The number of hydrogen-bond donors (Lipinski definition) is 2. The van der Waals surface area contributed by atoms with E-state index in [0.29, 0.717) is 12.5 Å². The van der Waals surface area contributed by atoms with Gasteiger partial charge in [0.25, 0.3) is 0 Å². The molecule has 2 amide bonds. The van der Waals surface area contributed by atoms with E-state index in [1.54, 1.807) is 0 Å². The molecule has 0 aromatic carbocycles. The van der Waals surface area contributed by atoms with E-state index in [1.165, 1.54) is 0 Å². The maximum atomic E-state index is 12.3. The largest absolute Gasteiger partial charge is 0.481 e. The third-order valence-electron chi connectivity index (χ3n) is 4.50. The highest BCUT2D eigenvalue weighted by atomic mass is 16.4. The SMILES string of the molecule is CCC1CCCN1C(=O)NC1CCCCC1C(=O)O. The number of carbonyl (C=O) groups is 2. The Bertz CT molecular complexity index is 346. The van der Waals surface area contributed by atoms with E-state index in [4.69, 9.17) is 0 Å². The first-order valence-electron chi connectivity index (χ1n) is 7.43. The van der Waals surface area contributed by atoms with Crippen LogP contribution in [-0.4, -0.2) is 40.6 Å². The Balaban J connectivity index is 1.95. The van der Waals surface area contributed by atoms with Gasteiger partial charge in [0.2, 0.25) is 0 Å². The molecule has 0 spiro atoms. The Hall–Kier alpha value is -1.26. The average molecular weight is 268 g/mol. The Morgan fingerprint density at radius 1 is 1.21 bits per heavy atom. The molecule has 0 aromatic heterocycles. The van der Waals surface area contributed by atoms with Crippen LogP contribution in [-0.2, 0) is 4.79 Å². The molecule has 1 heterocycles. The summed E-state index contributed by atoms with van der Waals surface area (Å²) in [5.41, 5.74) is 0. The molecule has 1 saturated heterocycles. The van der Waals surface area contributed by atoms with Crippen molar-refractivity contribution in [2.75, 3.05) is 6.54 Å². The lowest BCUT2D eigenvalue weighted by Gasteiger charge is -2.32. The summed E-state index contributed by atoms with van der Waals surface area (Å²) < 4.78 is 0. The van der Waals surface area contributed by atoms with E-state index in [0.717, 1.165) is 45.1 Å². The van der Waals surface area contributed by atoms with Crippen LogP contribution in [0.25, 0.3) is 0 Å². The molecule has 5 nitrogen and oxygen atoms in total. The second-order valence-electron chi connectivity index (χ2n) is 5.68. The van der Waals surface area contributed by atoms with E-state index in [9.17, 15) is 14.7 Å². The van der Waals surface area contributed by atoms with Gasteiger partial charge >= 0.3 is 12.0 Å². The van der Waals surface area contributed by atoms with Gasteiger partial charge in [0.15, 0.2) is 0 Å². The van der Waals surface area contributed by atoms with Crippen molar-refractivity contribution in [1.82, 2.24) is 10.2 Å². The van der Waals surface area contributed by atoms with Gasteiger partial charge in [-0.3, -0.25) is 4.79 Å². The molecule has 2 fully saturated rings. The summed E-state index contributed by atoms with van der Waals surface area (Å²) in [6.07, 6.45) is 6.51. The number of carboxylic acid groups (broad SMARTS) is 1. The zero-order chi connectivity index (χ0) is 13.8. The molecule has 19 heavy (non-hydrogen) atoms. The fraction of sp³-hybridized carbons (Fsp3) is 0.857. The van der Waals surface area contributed by atoms with E-state index >= 15 is 0 Å². The van der Waals surface area contributed by atoms with E-state index in [-0.39, 0.29) is 12.1 Å². The van der Waals surface area contributed by atoms with Crippen LogP contribution < -0.4 is 5.32 Å². The van der Waals surface area contributed by atoms with Gasteiger partial charge < -0.3 is 15.3 Å². The molecule has 1 saturated carbocycles. The summed E-state index contributed by atoms with van der Waals surface area (Å²) in [6, 6.07) is 0.0613. The highest BCUT2D eigenvalue weighted by Gasteiger charge is 2.34. The lowest BCUT2D eigenvalue weighted by atomic mass is 9.84. The van der Waals surface area contributed by atoms with Crippen LogP contribution in [0.15, 0.2) is 0 Å². The summed E-state index contributed by atoms with van der Waals surface area (Å²) in [5.74, 6) is -1.20. The molecule has 0 aromatic rings. The smallest absolute Gasteiger partial charge is 0.317 e. The van der Waals surface area contributed by atoms with Crippen molar-refractivity contribution < 1.29 is 14.7 Å². The molecule has 1 aliphatic carbocycles. The van der Waals surface area contributed by atoms with Gasteiger partial charge in [0, 0.05) is 18.6 Å². The first kappa shape index (κ1) is 14.2. The van der Waals surface area contributed by atoms with Crippen molar-refractivity contribution in [2.24, 2.45) is 5.92 Å². The Labute approximate surface area is 114 Å². The fourth-order valence-corrected chi connectivity index (χ4v) is 3.37. The molecule has 1 aliphatic heterocycles. The van der Waals surface area contributed by atoms with Crippen molar-refractivity contribution in [2.45, 2.75) is 64.0 Å². The van der Waals surface area contributed by atoms with Crippen molar-refractivity contribution >= 4 is 12.0 Å². The van der Waals surface area contributed by atoms with Crippen molar-refractivity contribution in [1.29, 1.82) is 0 Å². The van der Waals surface area contributed by atoms with Crippen molar-refractivity contribution in [3.63, 3.8) is 0 Å². The minimum absolute atomic E-state index is 0.0671. The first-order chi connectivity index (χ1) is 9.13. The fourth-order valence-electron chi connectivity index (χ4n) is 3.37. The van der Waals surface area contributed by atoms with Gasteiger partial charge in [0.1, 0.15) is 0 Å². The molecule has 0 bridgehead atoms. The number of aliphatic carboxylic acids is 1. The van der Waals surface area contributed by atoms with Crippen LogP contribution in [0.3, 0.4) is 0 Å². The number of carbonyl (C=O) groups excluding carboxylic acids is 1. The molecule has 3 unspecified atom stereocenters. The highest BCUT2D eigenvalue weighted by molar-refractivity contribution is 5.77. The topological polar surface area (TPSA) is 69.6 Å². The Morgan fingerprint density at radius 2 is 1.95 bits per heavy atom. The summed E-state index contributed by atoms with van der Waals surface area (Å²) in [6.45, 7) is 2.89. The van der Waals surface area contributed by atoms with Gasteiger partial charge in [0.05, 0.1) is 5.92 Å². The van der Waals surface area contributed by atoms with E-state index < -0.39 is 11.9 Å². The van der Waals surface area contributed by atoms with Gasteiger partial charge in [-0.15, -0.1) is 0 Å². The molecule has 3 atom stereocenters. The molecular formula is C14H24N2O3. The Morgan fingerprint density at radius 3 is 2.63 bits per heavy atom. The number of nitrogens with one attached hydrogen (secondary N) is 1. The third kappa shape index (κ3) is 3.19. The lowest BCUT2D eigenvalue weighted by molar-refractivity contribution is -0.143. The van der Waals surface area contributed by atoms with Crippen LogP contribution in [0, 0.1) is 5.92 Å². The van der Waals surface area contributed by atoms with Crippen LogP contribution in [0.4, 0.5) is 4.79 Å². The summed E-state index contributed by atoms with van der Waals surface area (Å²) in [4.78, 5) is 25.4. The van der Waals surface area contributed by atoms with Gasteiger partial charge in [-0.1, -0.05) is 19.8 Å². The molecule has 2 N–H and O–H groups in total. The zero-order valence-electron chi connectivity index (χ0n) is 11.6. The van der Waals surface area contributed by atoms with Gasteiger partial charge in [-0.2, -0.15) is 0 Å². The average Bonchev–Trinajstić information content (AvgIpc) is 2.87. The normalized spacial score (nSPS) is 31.2. The van der Waals surface area contributed by atoms with E-state index in [1.807, 2.05) is 4.90 Å². The first-order valence-corrected chi connectivity index (χ1v) is 7.43. The standard InChI is InChI=1S/C14H24N2O3/c1-2-10-6-5-9-16(10)14(19)15-12-8-4-3-7-11(12)13(17)18/h10-12H,2-9H2,1H3,(H,15,19)(H,17,18). The number of rotatable bonds is 3. The maximum absolute atomic E-state index is 12.3. The number of hydrogen-bond acceptors (Lipinski definition) is 2. The summed E-state index contributed by atoms with van der Waals surface area (Å²) >= 11 is 0. The number of urea groups is 1.